The molecule has 0 aromatic heterocycles. The topological polar surface area (TPSA) is 113 Å². The third kappa shape index (κ3) is 3.00. The molecule has 21 heavy (non-hydrogen) atoms. The Kier molecular flexibility index (Phi) is 3.89. The quantitative estimate of drug-likeness (QED) is 0.370. The van der Waals surface area contributed by atoms with E-state index in [1.807, 2.05) is 0 Å². The highest BCUT2D eigenvalue weighted by Crippen LogP contribution is 2.28. The molecule has 0 radical (unpaired) electrons. The molecule has 0 saturated heterocycles. The van der Waals surface area contributed by atoms with E-state index in [1.54, 1.807) is 0 Å². The Hall–Kier alpha value is -3.29. The number of hydrogen-bond acceptors (Lipinski definition) is 6. The molecular formula is C13H8N2O6. The maximum absolute atomic E-state index is 12.0. The van der Waals surface area contributed by atoms with Crippen LogP contribution in [0.4, 0.5) is 11.4 Å². The number of hydrogen-bond donors (Lipinski definition) is 0. The average Bonchev–Trinajstić information content (AvgIpc) is 2.47. The van der Waals surface area contributed by atoms with Crippen LogP contribution in [0.15, 0.2) is 48.5 Å². The Bertz CT molecular complexity index is 728. The van der Waals surface area contributed by atoms with E-state index in [1.165, 1.54) is 42.5 Å². The first kappa shape index (κ1) is 14.1. The van der Waals surface area contributed by atoms with Crippen LogP contribution in [0.5, 0.6) is 5.75 Å². The molecule has 8 heteroatoms. The predicted molar refractivity (Wildman–Crippen MR) is 71.2 cm³/mol. The van der Waals surface area contributed by atoms with Gasteiger partial charge < -0.3 is 4.74 Å². The zero-order valence-corrected chi connectivity index (χ0v) is 10.5. The molecule has 0 bridgehead atoms. The average molecular weight is 288 g/mol. The molecule has 2 aromatic carbocycles. The molecule has 0 N–H and O–H groups in total. The number of para-hydroxylation sites is 3. The monoisotopic (exact) mass is 288 g/mol. The van der Waals surface area contributed by atoms with E-state index >= 15 is 0 Å². The number of nitro benzene ring substituents is 2. The molecule has 0 unspecified atom stereocenters. The summed E-state index contributed by atoms with van der Waals surface area (Å²) < 4.78 is 4.90. The highest BCUT2D eigenvalue weighted by molar-refractivity contribution is 5.95. The lowest BCUT2D eigenvalue weighted by molar-refractivity contribution is -0.386. The highest BCUT2D eigenvalue weighted by Gasteiger charge is 2.24. The summed E-state index contributed by atoms with van der Waals surface area (Å²) >= 11 is 0. The van der Waals surface area contributed by atoms with Gasteiger partial charge in [-0.2, -0.15) is 0 Å². The van der Waals surface area contributed by atoms with E-state index in [-0.39, 0.29) is 11.3 Å². The summed E-state index contributed by atoms with van der Waals surface area (Å²) in [5, 5.41) is 21.7. The summed E-state index contributed by atoms with van der Waals surface area (Å²) in [7, 11) is 0. The number of benzene rings is 2. The first-order valence-corrected chi connectivity index (χ1v) is 5.69. The lowest BCUT2D eigenvalue weighted by Gasteiger charge is -2.05. The van der Waals surface area contributed by atoms with Crippen molar-refractivity contribution in [2.24, 2.45) is 0 Å². The fourth-order valence-electron chi connectivity index (χ4n) is 1.65. The third-order valence-electron chi connectivity index (χ3n) is 2.59. The lowest BCUT2D eigenvalue weighted by Crippen LogP contribution is -2.11. The summed E-state index contributed by atoms with van der Waals surface area (Å²) in [6.45, 7) is 0. The second-order valence-corrected chi connectivity index (χ2v) is 3.89. The fraction of sp³-hybridized carbons (Fsp3) is 0. The number of rotatable bonds is 4. The highest BCUT2D eigenvalue weighted by atomic mass is 16.6. The summed E-state index contributed by atoms with van der Waals surface area (Å²) in [5.41, 5.74) is -1.11. The van der Waals surface area contributed by atoms with Gasteiger partial charge in [-0.05, 0) is 12.1 Å². The van der Waals surface area contributed by atoms with Crippen molar-refractivity contribution in [3.8, 4) is 5.75 Å². The molecule has 8 nitrogen and oxygen atoms in total. The van der Waals surface area contributed by atoms with Crippen LogP contribution >= 0.6 is 0 Å². The Morgan fingerprint density at radius 2 is 1.38 bits per heavy atom. The predicted octanol–water partition coefficient (Wildman–Crippen LogP) is 2.72. The van der Waals surface area contributed by atoms with Gasteiger partial charge >= 0.3 is 11.7 Å². The zero-order chi connectivity index (χ0) is 15.4. The van der Waals surface area contributed by atoms with Gasteiger partial charge in [-0.1, -0.05) is 24.3 Å². The Morgan fingerprint density at radius 1 is 0.857 bits per heavy atom. The molecule has 0 aliphatic rings. The van der Waals surface area contributed by atoms with Gasteiger partial charge in [0.15, 0.2) is 0 Å². The third-order valence-corrected chi connectivity index (χ3v) is 2.59. The number of esters is 1. The second-order valence-electron chi connectivity index (χ2n) is 3.89. The van der Waals surface area contributed by atoms with Gasteiger partial charge in [-0.15, -0.1) is 0 Å². The van der Waals surface area contributed by atoms with Crippen LogP contribution in [0.2, 0.25) is 0 Å². The van der Waals surface area contributed by atoms with Crippen LogP contribution in [-0.2, 0) is 0 Å². The first-order chi connectivity index (χ1) is 10.0. The van der Waals surface area contributed by atoms with Crippen LogP contribution in [-0.4, -0.2) is 15.8 Å². The van der Waals surface area contributed by atoms with Crippen molar-refractivity contribution in [3.05, 3.63) is 74.3 Å². The Labute approximate surface area is 117 Å². The molecule has 0 fully saturated rings. The van der Waals surface area contributed by atoms with Crippen LogP contribution in [0.3, 0.4) is 0 Å². The Balaban J connectivity index is 2.36. The molecule has 2 rings (SSSR count). The number of carbonyl (C=O) groups excluding carboxylic acids is 1. The van der Waals surface area contributed by atoms with Gasteiger partial charge in [0, 0.05) is 12.1 Å². The smallest absolute Gasteiger partial charge is 0.350 e. The van der Waals surface area contributed by atoms with Gasteiger partial charge in [0.1, 0.15) is 5.56 Å². The van der Waals surface area contributed by atoms with E-state index in [0.29, 0.717) is 0 Å². The van der Waals surface area contributed by atoms with E-state index in [0.717, 1.165) is 6.07 Å². The number of nitro groups is 2. The minimum Gasteiger partial charge on any atom is -0.415 e. The summed E-state index contributed by atoms with van der Waals surface area (Å²) in [5.74, 6) is -1.30. The molecule has 0 aliphatic heterocycles. The van der Waals surface area contributed by atoms with Gasteiger partial charge in [0.25, 0.3) is 5.69 Å². The van der Waals surface area contributed by atoms with E-state index in [9.17, 15) is 25.0 Å². The van der Waals surface area contributed by atoms with Crippen LogP contribution in [0.1, 0.15) is 10.4 Å². The van der Waals surface area contributed by atoms with Crippen LogP contribution in [0.25, 0.3) is 0 Å². The normalized spacial score (nSPS) is 9.90. The molecule has 0 atom stereocenters. The van der Waals surface area contributed by atoms with Crippen LogP contribution in [0, 0.1) is 20.2 Å². The van der Waals surface area contributed by atoms with Gasteiger partial charge in [0.2, 0.25) is 5.75 Å². The van der Waals surface area contributed by atoms with Crippen molar-refractivity contribution in [1.29, 1.82) is 0 Å². The summed E-state index contributed by atoms with van der Waals surface area (Å²) in [4.78, 5) is 32.2. The van der Waals surface area contributed by atoms with E-state index < -0.39 is 27.2 Å². The molecule has 2 aromatic rings. The van der Waals surface area contributed by atoms with Gasteiger partial charge in [-0.3, -0.25) is 20.2 Å². The molecule has 0 aliphatic carbocycles. The maximum atomic E-state index is 12.0. The van der Waals surface area contributed by atoms with Crippen molar-refractivity contribution in [3.63, 3.8) is 0 Å². The standard InChI is InChI=1S/C13H8N2O6/c16-13(9-5-1-2-6-10(9)14(17)18)21-12-8-4-3-7-11(12)15(19)20/h1-8H. The number of carbonyl (C=O) groups is 1. The van der Waals surface area contributed by atoms with Gasteiger partial charge in [-0.25, -0.2) is 4.79 Å². The largest absolute Gasteiger partial charge is 0.415 e. The molecule has 0 heterocycles. The molecule has 0 spiro atoms. The molecule has 0 saturated carbocycles. The van der Waals surface area contributed by atoms with Crippen molar-refractivity contribution < 1.29 is 19.4 Å². The SMILES string of the molecule is O=C(Oc1ccccc1[N+](=O)[O-])c1ccccc1[N+](=O)[O-]. The van der Waals surface area contributed by atoms with Crippen LogP contribution < -0.4 is 4.74 Å². The van der Waals surface area contributed by atoms with Crippen molar-refractivity contribution in [1.82, 2.24) is 0 Å². The van der Waals surface area contributed by atoms with E-state index in [4.69, 9.17) is 4.74 Å². The number of ether oxygens (including phenoxy) is 1. The van der Waals surface area contributed by atoms with Gasteiger partial charge in [0.05, 0.1) is 9.85 Å². The van der Waals surface area contributed by atoms with Crippen molar-refractivity contribution in [2.75, 3.05) is 0 Å². The molecule has 106 valence electrons. The number of nitrogens with zero attached hydrogens (tertiary/aromatic N) is 2. The first-order valence-electron chi connectivity index (χ1n) is 5.69. The zero-order valence-electron chi connectivity index (χ0n) is 10.5. The minimum atomic E-state index is -1.03. The summed E-state index contributed by atoms with van der Waals surface area (Å²) in [6.07, 6.45) is 0. The summed E-state index contributed by atoms with van der Waals surface area (Å²) in [6, 6.07) is 10.5. The fourth-order valence-corrected chi connectivity index (χ4v) is 1.65. The molecular weight excluding hydrogens is 280 g/mol. The maximum Gasteiger partial charge on any atom is 0.350 e. The molecule has 0 amide bonds. The van der Waals surface area contributed by atoms with Crippen molar-refractivity contribution >= 4 is 17.3 Å². The van der Waals surface area contributed by atoms with Crippen molar-refractivity contribution in [2.45, 2.75) is 0 Å². The minimum absolute atomic E-state index is 0.273. The Morgan fingerprint density at radius 3 is 2.00 bits per heavy atom. The van der Waals surface area contributed by atoms with E-state index in [2.05, 4.69) is 0 Å². The second kappa shape index (κ2) is 5.78. The lowest BCUT2D eigenvalue weighted by atomic mass is 10.2.